The summed E-state index contributed by atoms with van der Waals surface area (Å²) in [5, 5.41) is 4.63. The van der Waals surface area contributed by atoms with Crippen molar-refractivity contribution in [3.05, 3.63) is 22.1 Å². The van der Waals surface area contributed by atoms with Crippen LogP contribution in [0.25, 0.3) is 0 Å². The number of aromatic amines is 1. The standard InChI is InChI=1S/C7H7F3N2O4S/c1-3-2-4(16-7(8,9)10)5(6(13)12-3)17(11,14)15/h2H,1H3,(H,12,13)(H2,11,14,15). The molecule has 1 heterocycles. The van der Waals surface area contributed by atoms with Crippen LogP contribution in [0, 0.1) is 6.92 Å². The SMILES string of the molecule is Cc1cc(OC(F)(F)F)c(S(N)(=O)=O)c(=O)[nH]1. The Balaban J connectivity index is 3.53. The number of aryl methyl sites for hydroxylation is 1. The first-order valence-electron chi connectivity index (χ1n) is 4.03. The summed E-state index contributed by atoms with van der Waals surface area (Å²) in [5.74, 6) is -1.15. The van der Waals surface area contributed by atoms with E-state index < -0.39 is 32.6 Å². The van der Waals surface area contributed by atoms with Crippen LogP contribution in [0.2, 0.25) is 0 Å². The van der Waals surface area contributed by atoms with Gasteiger partial charge in [0.1, 0.15) is 0 Å². The monoisotopic (exact) mass is 272 g/mol. The Hall–Kier alpha value is -1.55. The van der Waals surface area contributed by atoms with Crippen molar-refractivity contribution in [1.82, 2.24) is 4.98 Å². The normalized spacial score (nSPS) is 12.5. The van der Waals surface area contributed by atoms with Gasteiger partial charge in [-0.05, 0) is 6.92 Å². The first kappa shape index (κ1) is 13.5. The second-order valence-electron chi connectivity index (χ2n) is 3.07. The molecule has 0 aromatic carbocycles. The number of nitrogens with one attached hydrogen (secondary N) is 1. The first-order chi connectivity index (χ1) is 7.50. The van der Waals surface area contributed by atoms with E-state index in [2.05, 4.69) is 9.88 Å². The van der Waals surface area contributed by atoms with Gasteiger partial charge in [0.25, 0.3) is 5.56 Å². The molecule has 0 aliphatic rings. The lowest BCUT2D eigenvalue weighted by atomic mass is 10.3. The minimum Gasteiger partial charge on any atom is -0.404 e. The van der Waals surface area contributed by atoms with Gasteiger partial charge in [0.05, 0.1) is 0 Å². The Morgan fingerprint density at radius 1 is 1.41 bits per heavy atom. The molecule has 0 saturated heterocycles. The molecule has 0 bridgehead atoms. The largest absolute Gasteiger partial charge is 0.573 e. The number of aromatic nitrogens is 1. The van der Waals surface area contributed by atoms with Crippen LogP contribution in [-0.4, -0.2) is 19.8 Å². The summed E-state index contributed by atoms with van der Waals surface area (Å²) in [6.45, 7) is 1.26. The van der Waals surface area contributed by atoms with Crippen molar-refractivity contribution in [3.8, 4) is 5.75 Å². The third-order valence-electron chi connectivity index (χ3n) is 1.60. The van der Waals surface area contributed by atoms with Gasteiger partial charge in [-0.2, -0.15) is 0 Å². The minimum atomic E-state index is -5.13. The molecule has 0 unspecified atom stereocenters. The van der Waals surface area contributed by atoms with E-state index in [1.807, 2.05) is 4.98 Å². The van der Waals surface area contributed by atoms with E-state index in [9.17, 15) is 26.4 Å². The molecule has 0 spiro atoms. The number of halogens is 3. The Kier molecular flexibility index (Phi) is 3.21. The number of ether oxygens (including phenoxy) is 1. The highest BCUT2D eigenvalue weighted by atomic mass is 32.2. The lowest BCUT2D eigenvalue weighted by Crippen LogP contribution is -2.27. The maximum absolute atomic E-state index is 12.0. The van der Waals surface area contributed by atoms with E-state index in [1.54, 1.807) is 0 Å². The Bertz CT molecular complexity index is 590. The maximum atomic E-state index is 12.0. The van der Waals surface area contributed by atoms with E-state index in [-0.39, 0.29) is 5.69 Å². The Labute approximate surface area is 93.3 Å². The van der Waals surface area contributed by atoms with Crippen LogP contribution in [0.5, 0.6) is 5.75 Å². The van der Waals surface area contributed by atoms with Crippen molar-refractivity contribution in [1.29, 1.82) is 0 Å². The number of nitrogens with two attached hydrogens (primary N) is 1. The summed E-state index contributed by atoms with van der Waals surface area (Å²) >= 11 is 0. The molecule has 96 valence electrons. The Morgan fingerprint density at radius 3 is 2.35 bits per heavy atom. The van der Waals surface area contributed by atoms with Crippen LogP contribution in [-0.2, 0) is 10.0 Å². The van der Waals surface area contributed by atoms with Crippen molar-refractivity contribution in [3.63, 3.8) is 0 Å². The third kappa shape index (κ3) is 3.46. The predicted molar refractivity (Wildman–Crippen MR) is 49.9 cm³/mol. The summed E-state index contributed by atoms with van der Waals surface area (Å²) in [6.07, 6.45) is -5.13. The van der Waals surface area contributed by atoms with Gasteiger partial charge >= 0.3 is 6.36 Å². The van der Waals surface area contributed by atoms with Crippen molar-refractivity contribution in [2.45, 2.75) is 18.2 Å². The molecule has 0 aliphatic carbocycles. The van der Waals surface area contributed by atoms with Crippen molar-refractivity contribution < 1.29 is 26.3 Å². The zero-order chi connectivity index (χ0) is 13.4. The number of hydrogen-bond donors (Lipinski definition) is 2. The molecular weight excluding hydrogens is 265 g/mol. The summed E-state index contributed by atoms with van der Waals surface area (Å²) < 4.78 is 61.4. The molecule has 17 heavy (non-hydrogen) atoms. The van der Waals surface area contributed by atoms with Gasteiger partial charge in [0.2, 0.25) is 10.0 Å². The highest BCUT2D eigenvalue weighted by molar-refractivity contribution is 7.89. The lowest BCUT2D eigenvalue weighted by molar-refractivity contribution is -0.275. The molecule has 10 heteroatoms. The second kappa shape index (κ2) is 4.04. The number of pyridine rings is 1. The summed E-state index contributed by atoms with van der Waals surface area (Å²) in [5.41, 5.74) is -1.27. The van der Waals surface area contributed by atoms with Crippen molar-refractivity contribution >= 4 is 10.0 Å². The average Bonchev–Trinajstić information content (AvgIpc) is 1.94. The van der Waals surface area contributed by atoms with Crippen LogP contribution in [0.15, 0.2) is 15.8 Å². The fraction of sp³-hybridized carbons (Fsp3) is 0.286. The predicted octanol–water partition coefficient (Wildman–Crippen LogP) is 0.229. The van der Waals surface area contributed by atoms with Gasteiger partial charge in [0.15, 0.2) is 10.6 Å². The quantitative estimate of drug-likeness (QED) is 0.804. The third-order valence-corrected chi connectivity index (χ3v) is 2.55. The zero-order valence-electron chi connectivity index (χ0n) is 8.33. The summed E-state index contributed by atoms with van der Waals surface area (Å²) in [7, 11) is -4.62. The number of sulfonamides is 1. The van der Waals surface area contributed by atoms with E-state index in [0.717, 1.165) is 0 Å². The van der Waals surface area contributed by atoms with Gasteiger partial charge < -0.3 is 9.72 Å². The average molecular weight is 272 g/mol. The van der Waals surface area contributed by atoms with Crippen LogP contribution >= 0.6 is 0 Å². The molecule has 0 fully saturated rings. The molecular formula is C7H7F3N2O4S. The lowest BCUT2D eigenvalue weighted by Gasteiger charge is -2.11. The highest BCUT2D eigenvalue weighted by Gasteiger charge is 2.34. The number of hydrogen-bond acceptors (Lipinski definition) is 4. The minimum absolute atomic E-state index is 0.00153. The Morgan fingerprint density at radius 2 is 1.94 bits per heavy atom. The molecule has 1 aromatic heterocycles. The highest BCUT2D eigenvalue weighted by Crippen LogP contribution is 2.26. The van der Waals surface area contributed by atoms with Crippen LogP contribution in [0.3, 0.4) is 0 Å². The van der Waals surface area contributed by atoms with Crippen molar-refractivity contribution in [2.24, 2.45) is 5.14 Å². The molecule has 0 saturated carbocycles. The van der Waals surface area contributed by atoms with Gasteiger partial charge in [-0.15, -0.1) is 13.2 Å². The maximum Gasteiger partial charge on any atom is 0.573 e. The van der Waals surface area contributed by atoms with Gasteiger partial charge in [-0.3, -0.25) is 4.79 Å². The topological polar surface area (TPSA) is 102 Å². The van der Waals surface area contributed by atoms with E-state index >= 15 is 0 Å². The number of alkyl halides is 3. The molecule has 6 nitrogen and oxygen atoms in total. The van der Waals surface area contributed by atoms with E-state index in [1.165, 1.54) is 6.92 Å². The van der Waals surface area contributed by atoms with Crippen molar-refractivity contribution in [2.75, 3.05) is 0 Å². The van der Waals surface area contributed by atoms with Gasteiger partial charge in [-0.25, -0.2) is 13.6 Å². The molecule has 0 atom stereocenters. The number of rotatable bonds is 2. The molecule has 0 radical (unpaired) electrons. The fourth-order valence-electron chi connectivity index (χ4n) is 1.12. The van der Waals surface area contributed by atoms with E-state index in [4.69, 9.17) is 0 Å². The van der Waals surface area contributed by atoms with Crippen LogP contribution < -0.4 is 15.4 Å². The molecule has 0 aliphatic heterocycles. The number of primary sulfonamides is 1. The molecule has 1 rings (SSSR count). The van der Waals surface area contributed by atoms with Gasteiger partial charge in [-0.1, -0.05) is 0 Å². The smallest absolute Gasteiger partial charge is 0.404 e. The summed E-state index contributed by atoms with van der Waals surface area (Å²) in [4.78, 5) is 12.0. The molecule has 0 amide bonds. The van der Waals surface area contributed by atoms with Gasteiger partial charge in [0, 0.05) is 11.8 Å². The number of H-pyrrole nitrogens is 1. The first-order valence-corrected chi connectivity index (χ1v) is 5.58. The molecule has 1 aromatic rings. The van der Waals surface area contributed by atoms with Crippen LogP contribution in [0.1, 0.15) is 5.69 Å². The zero-order valence-corrected chi connectivity index (χ0v) is 9.15. The fourth-order valence-corrected chi connectivity index (χ4v) is 1.81. The van der Waals surface area contributed by atoms with E-state index in [0.29, 0.717) is 6.07 Å². The molecule has 3 N–H and O–H groups in total. The summed E-state index contributed by atoms with van der Waals surface area (Å²) in [6, 6.07) is 0.717. The second-order valence-corrected chi connectivity index (χ2v) is 4.57. The van der Waals surface area contributed by atoms with Crippen LogP contribution in [0.4, 0.5) is 13.2 Å².